The number of hydrogen-bond acceptors (Lipinski definition) is 7. The molecule has 2 aromatic heterocycles. The summed E-state index contributed by atoms with van der Waals surface area (Å²) in [4.78, 5) is 17.2. The Morgan fingerprint density at radius 3 is 2.67 bits per heavy atom. The van der Waals surface area contributed by atoms with E-state index in [0.717, 1.165) is 54.4 Å². The van der Waals surface area contributed by atoms with Crippen molar-refractivity contribution in [3.8, 4) is 11.3 Å². The zero-order valence-electron chi connectivity index (χ0n) is 16.9. The molecule has 0 saturated carbocycles. The van der Waals surface area contributed by atoms with Crippen molar-refractivity contribution in [3.63, 3.8) is 0 Å². The van der Waals surface area contributed by atoms with E-state index in [2.05, 4.69) is 45.0 Å². The van der Waals surface area contributed by atoms with E-state index < -0.39 is 0 Å². The van der Waals surface area contributed by atoms with Crippen molar-refractivity contribution in [1.82, 2.24) is 15.0 Å². The first-order valence-electron chi connectivity index (χ1n) is 10.2. The van der Waals surface area contributed by atoms with Gasteiger partial charge >= 0.3 is 0 Å². The maximum atomic E-state index is 9.06. The normalized spacial score (nSPS) is 16.5. The van der Waals surface area contributed by atoms with Gasteiger partial charge in [0.25, 0.3) is 0 Å². The Kier molecular flexibility index (Phi) is 5.18. The molecule has 7 heteroatoms. The topological polar surface area (TPSA) is 71.4 Å². The van der Waals surface area contributed by atoms with Crippen molar-refractivity contribution in [2.45, 2.75) is 23.7 Å². The molecule has 0 bridgehead atoms. The molecule has 1 fully saturated rings. The van der Waals surface area contributed by atoms with E-state index in [1.54, 1.807) is 11.8 Å². The highest BCUT2D eigenvalue weighted by Gasteiger charge is 2.49. The van der Waals surface area contributed by atoms with Crippen LogP contribution in [0.5, 0.6) is 0 Å². The van der Waals surface area contributed by atoms with Crippen molar-refractivity contribution in [3.05, 3.63) is 60.0 Å². The second kappa shape index (κ2) is 7.98. The van der Waals surface area contributed by atoms with E-state index in [4.69, 9.17) is 9.84 Å². The summed E-state index contributed by atoms with van der Waals surface area (Å²) in [7, 11) is 0. The van der Waals surface area contributed by atoms with Gasteiger partial charge in [0, 0.05) is 53.6 Å². The molecule has 1 saturated heterocycles. The number of aliphatic hydroxyl groups excluding tert-OH is 1. The van der Waals surface area contributed by atoms with Gasteiger partial charge in [-0.05, 0) is 48.7 Å². The molecule has 1 N–H and O–H groups in total. The summed E-state index contributed by atoms with van der Waals surface area (Å²) in [5.41, 5.74) is 5.47. The van der Waals surface area contributed by atoms with Crippen LogP contribution in [0.15, 0.2) is 53.8 Å². The van der Waals surface area contributed by atoms with Crippen LogP contribution in [-0.2, 0) is 10.2 Å². The number of hydrogen-bond donors (Lipinski definition) is 1. The number of thioether (sulfide) groups is 1. The number of ether oxygens (including phenoxy) is 1. The van der Waals surface area contributed by atoms with Crippen LogP contribution in [0.2, 0.25) is 0 Å². The first kappa shape index (κ1) is 19.5. The van der Waals surface area contributed by atoms with E-state index in [0.29, 0.717) is 5.95 Å². The highest BCUT2D eigenvalue weighted by atomic mass is 32.2. The molecule has 2 aliphatic heterocycles. The van der Waals surface area contributed by atoms with Crippen molar-refractivity contribution >= 4 is 23.4 Å². The van der Waals surface area contributed by atoms with Gasteiger partial charge in [0.05, 0.1) is 24.3 Å². The molecule has 0 aliphatic carbocycles. The molecule has 3 aromatic rings. The number of aliphatic hydroxyl groups is 1. The second-order valence-corrected chi connectivity index (χ2v) is 9.12. The fraction of sp³-hybridized carbons (Fsp3) is 0.348. The minimum atomic E-state index is 0.0315. The lowest BCUT2D eigenvalue weighted by atomic mass is 9.81. The SMILES string of the molecule is Cc1ccnc(-c2cnc(N3CC4(COC4)c4ccc(SCCCO)cc43)nc2)c1. The molecule has 6 nitrogen and oxygen atoms in total. The Labute approximate surface area is 180 Å². The molecule has 154 valence electrons. The number of rotatable bonds is 6. The lowest BCUT2D eigenvalue weighted by Gasteiger charge is -2.38. The van der Waals surface area contributed by atoms with Crippen LogP contribution in [0.4, 0.5) is 11.6 Å². The van der Waals surface area contributed by atoms with Gasteiger partial charge in [-0.3, -0.25) is 4.98 Å². The summed E-state index contributed by atoms with van der Waals surface area (Å²) < 4.78 is 5.59. The lowest BCUT2D eigenvalue weighted by molar-refractivity contribution is -0.0507. The monoisotopic (exact) mass is 420 g/mol. The number of aromatic nitrogens is 3. The van der Waals surface area contributed by atoms with Crippen LogP contribution in [0.1, 0.15) is 17.5 Å². The predicted molar refractivity (Wildman–Crippen MR) is 118 cm³/mol. The smallest absolute Gasteiger partial charge is 0.229 e. The Balaban J connectivity index is 1.45. The van der Waals surface area contributed by atoms with Gasteiger partial charge in [-0.25, -0.2) is 9.97 Å². The van der Waals surface area contributed by atoms with Gasteiger partial charge in [-0.15, -0.1) is 11.8 Å². The van der Waals surface area contributed by atoms with E-state index >= 15 is 0 Å². The summed E-state index contributed by atoms with van der Waals surface area (Å²) in [6.45, 7) is 4.57. The molecule has 0 amide bonds. The highest BCUT2D eigenvalue weighted by Crippen LogP contribution is 2.48. The molecule has 0 radical (unpaired) electrons. The minimum Gasteiger partial charge on any atom is -0.396 e. The Morgan fingerprint density at radius 2 is 1.97 bits per heavy atom. The van der Waals surface area contributed by atoms with E-state index in [9.17, 15) is 0 Å². The lowest BCUT2D eigenvalue weighted by Crippen LogP contribution is -2.49. The first-order valence-corrected chi connectivity index (χ1v) is 11.2. The summed E-state index contributed by atoms with van der Waals surface area (Å²) in [6.07, 6.45) is 6.31. The van der Waals surface area contributed by atoms with Crippen molar-refractivity contribution in [2.75, 3.05) is 37.0 Å². The molecular formula is C23H24N4O2S. The van der Waals surface area contributed by atoms with E-state index in [1.165, 1.54) is 10.5 Å². The van der Waals surface area contributed by atoms with Crippen LogP contribution < -0.4 is 4.90 Å². The maximum Gasteiger partial charge on any atom is 0.229 e. The summed E-state index contributed by atoms with van der Waals surface area (Å²) in [5.74, 6) is 1.60. The molecule has 30 heavy (non-hydrogen) atoms. The standard InChI is InChI=1S/C23H24N4O2S/c1-16-5-6-24-20(9-16)17-11-25-22(26-12-17)27-13-23(14-29-15-23)19-4-3-18(10-21(19)27)30-8-2-7-28/h3-6,9-12,28H,2,7-8,13-15H2,1H3. The van der Waals surface area contributed by atoms with Gasteiger partial charge in [0.1, 0.15) is 0 Å². The maximum absolute atomic E-state index is 9.06. The van der Waals surface area contributed by atoms with Gasteiger partial charge in [0.15, 0.2) is 0 Å². The molecule has 1 spiro atoms. The fourth-order valence-electron chi connectivity index (χ4n) is 4.06. The zero-order chi connectivity index (χ0) is 20.6. The van der Waals surface area contributed by atoms with Gasteiger partial charge < -0.3 is 14.7 Å². The third kappa shape index (κ3) is 3.47. The average Bonchev–Trinajstić information content (AvgIpc) is 3.09. The third-order valence-corrected chi connectivity index (χ3v) is 6.79. The van der Waals surface area contributed by atoms with Gasteiger partial charge in [0.2, 0.25) is 5.95 Å². The van der Waals surface area contributed by atoms with E-state index in [-0.39, 0.29) is 12.0 Å². The van der Waals surface area contributed by atoms with Crippen molar-refractivity contribution < 1.29 is 9.84 Å². The molecule has 1 aromatic carbocycles. The van der Waals surface area contributed by atoms with Gasteiger partial charge in [-0.2, -0.15) is 0 Å². The van der Waals surface area contributed by atoms with Crippen LogP contribution in [0.25, 0.3) is 11.3 Å². The fourth-order valence-corrected chi connectivity index (χ4v) is 4.93. The molecule has 2 aliphatic rings. The van der Waals surface area contributed by atoms with Crippen LogP contribution >= 0.6 is 11.8 Å². The highest BCUT2D eigenvalue weighted by molar-refractivity contribution is 7.99. The quantitative estimate of drug-likeness (QED) is 0.481. The van der Waals surface area contributed by atoms with Crippen LogP contribution in [-0.4, -0.2) is 52.2 Å². The summed E-state index contributed by atoms with van der Waals surface area (Å²) >= 11 is 1.77. The number of fused-ring (bicyclic) bond motifs is 2. The predicted octanol–water partition coefficient (Wildman–Crippen LogP) is 3.74. The molecule has 0 atom stereocenters. The molecule has 4 heterocycles. The summed E-state index contributed by atoms with van der Waals surface area (Å²) in [5, 5.41) is 9.06. The Hall–Kier alpha value is -2.48. The average molecular weight is 421 g/mol. The van der Waals surface area contributed by atoms with E-state index in [1.807, 2.05) is 30.7 Å². The zero-order valence-corrected chi connectivity index (χ0v) is 17.7. The number of aryl methyl sites for hydroxylation is 1. The van der Waals surface area contributed by atoms with Gasteiger partial charge in [-0.1, -0.05) is 6.07 Å². The molecular weight excluding hydrogens is 396 g/mol. The number of anilines is 2. The van der Waals surface area contributed by atoms with Crippen molar-refractivity contribution in [1.29, 1.82) is 0 Å². The third-order valence-electron chi connectivity index (χ3n) is 5.71. The summed E-state index contributed by atoms with van der Waals surface area (Å²) in [6, 6.07) is 10.7. The van der Waals surface area contributed by atoms with Crippen LogP contribution in [0, 0.1) is 6.92 Å². The minimum absolute atomic E-state index is 0.0315. The molecule has 5 rings (SSSR count). The van der Waals surface area contributed by atoms with Crippen LogP contribution in [0.3, 0.4) is 0 Å². The number of benzene rings is 1. The Morgan fingerprint density at radius 1 is 1.13 bits per heavy atom. The second-order valence-electron chi connectivity index (χ2n) is 7.95. The Bertz CT molecular complexity index is 1050. The number of pyridine rings is 1. The largest absolute Gasteiger partial charge is 0.396 e. The van der Waals surface area contributed by atoms with Crippen molar-refractivity contribution in [2.24, 2.45) is 0 Å². The molecule has 0 unspecified atom stereocenters. The first-order chi connectivity index (χ1) is 14.7. The number of nitrogens with zero attached hydrogens (tertiary/aromatic N) is 4.